The second-order valence-electron chi connectivity index (χ2n) is 5.59. The summed E-state index contributed by atoms with van der Waals surface area (Å²) in [6, 6.07) is 9.12. The van der Waals surface area contributed by atoms with Crippen molar-refractivity contribution >= 4 is 29.2 Å². The van der Waals surface area contributed by atoms with E-state index < -0.39 is 24.3 Å². The van der Waals surface area contributed by atoms with Gasteiger partial charge in [-0.05, 0) is 60.7 Å². The first-order chi connectivity index (χ1) is 11.5. The molecule has 1 N–H and O–H groups in total. The van der Waals surface area contributed by atoms with Crippen molar-refractivity contribution in [1.82, 2.24) is 0 Å². The second-order valence-corrected chi connectivity index (χ2v) is 5.99. The topological polar surface area (TPSA) is 55.4 Å². The van der Waals surface area contributed by atoms with E-state index in [2.05, 4.69) is 5.32 Å². The lowest BCUT2D eigenvalue weighted by Crippen LogP contribution is -2.21. The third-order valence-corrected chi connectivity index (χ3v) is 4.18. The van der Waals surface area contributed by atoms with Gasteiger partial charge in [0, 0.05) is 5.69 Å². The molecular formula is C18H15ClFNO3. The molecule has 0 aromatic heterocycles. The number of ether oxygens (including phenoxy) is 1. The third-order valence-electron chi connectivity index (χ3n) is 3.87. The molecule has 6 heteroatoms. The minimum Gasteiger partial charge on any atom is -0.452 e. The summed E-state index contributed by atoms with van der Waals surface area (Å²) in [6.45, 7) is -0.441. The van der Waals surface area contributed by atoms with Crippen LogP contribution in [0.15, 0.2) is 36.4 Å². The second kappa shape index (κ2) is 7.01. The Morgan fingerprint density at radius 3 is 2.71 bits per heavy atom. The molecular weight excluding hydrogens is 333 g/mol. The van der Waals surface area contributed by atoms with Gasteiger partial charge in [0.25, 0.3) is 5.91 Å². The van der Waals surface area contributed by atoms with E-state index in [0.29, 0.717) is 5.69 Å². The summed E-state index contributed by atoms with van der Waals surface area (Å²) in [5, 5.41) is 2.64. The van der Waals surface area contributed by atoms with Crippen LogP contribution in [0.2, 0.25) is 5.02 Å². The molecule has 0 heterocycles. The number of benzene rings is 2. The molecule has 0 saturated carbocycles. The lowest BCUT2D eigenvalue weighted by atomic mass is 10.1. The number of rotatable bonds is 4. The Morgan fingerprint density at radius 1 is 1.12 bits per heavy atom. The Balaban J connectivity index is 1.56. The molecule has 0 fully saturated rings. The van der Waals surface area contributed by atoms with Crippen molar-refractivity contribution in [3.05, 3.63) is 63.9 Å². The van der Waals surface area contributed by atoms with Gasteiger partial charge < -0.3 is 10.1 Å². The number of carbonyl (C=O) groups is 2. The maximum absolute atomic E-state index is 13.0. The number of carbonyl (C=O) groups excluding carboxylic acids is 2. The fraction of sp³-hybridized carbons (Fsp3) is 0.222. The number of nitrogens with one attached hydrogen (secondary N) is 1. The number of amides is 1. The summed E-state index contributed by atoms with van der Waals surface area (Å²) >= 11 is 5.78. The zero-order chi connectivity index (χ0) is 17.1. The summed E-state index contributed by atoms with van der Waals surface area (Å²) in [7, 11) is 0. The summed E-state index contributed by atoms with van der Waals surface area (Å²) in [5.41, 5.74) is 3.24. The van der Waals surface area contributed by atoms with Crippen molar-refractivity contribution in [2.24, 2.45) is 0 Å². The Morgan fingerprint density at radius 2 is 1.92 bits per heavy atom. The summed E-state index contributed by atoms with van der Waals surface area (Å²) in [5.74, 6) is -1.77. The standard InChI is InChI=1S/C18H15ClFNO3/c19-16-9-13(20)5-7-15(16)18(23)24-10-17(22)21-14-6-4-11-2-1-3-12(11)8-14/h4-9H,1-3,10H2,(H,21,22). The van der Waals surface area contributed by atoms with Gasteiger partial charge in [0.1, 0.15) is 5.82 Å². The van der Waals surface area contributed by atoms with Gasteiger partial charge in [0.15, 0.2) is 6.61 Å². The van der Waals surface area contributed by atoms with Crippen molar-refractivity contribution < 1.29 is 18.7 Å². The SMILES string of the molecule is O=C(COC(=O)c1ccc(F)cc1Cl)Nc1ccc2c(c1)CCC2. The van der Waals surface area contributed by atoms with Gasteiger partial charge in [0.2, 0.25) is 0 Å². The normalized spacial score (nSPS) is 12.6. The van der Waals surface area contributed by atoms with E-state index in [1.165, 1.54) is 17.2 Å². The number of halogens is 2. The largest absolute Gasteiger partial charge is 0.452 e. The van der Waals surface area contributed by atoms with Crippen molar-refractivity contribution in [1.29, 1.82) is 0 Å². The molecule has 0 bridgehead atoms. The van der Waals surface area contributed by atoms with Crippen molar-refractivity contribution in [3.63, 3.8) is 0 Å². The molecule has 1 aliphatic carbocycles. The molecule has 2 aromatic rings. The predicted molar refractivity (Wildman–Crippen MR) is 88.8 cm³/mol. The van der Waals surface area contributed by atoms with Crippen LogP contribution in [0.4, 0.5) is 10.1 Å². The minimum absolute atomic E-state index is 0.0170. The number of esters is 1. The molecule has 2 aromatic carbocycles. The fourth-order valence-electron chi connectivity index (χ4n) is 2.71. The van der Waals surface area contributed by atoms with Gasteiger partial charge in [-0.1, -0.05) is 17.7 Å². The Hall–Kier alpha value is -2.40. The van der Waals surface area contributed by atoms with Crippen LogP contribution in [0, 0.1) is 5.82 Å². The fourth-order valence-corrected chi connectivity index (χ4v) is 2.95. The average Bonchev–Trinajstić information content (AvgIpc) is 3.00. The minimum atomic E-state index is -0.774. The van der Waals surface area contributed by atoms with Crippen LogP contribution in [0.1, 0.15) is 27.9 Å². The van der Waals surface area contributed by atoms with E-state index in [0.717, 1.165) is 31.4 Å². The number of fused-ring (bicyclic) bond motifs is 1. The summed E-state index contributed by atoms with van der Waals surface area (Å²) in [6.07, 6.45) is 3.21. The maximum atomic E-state index is 13.0. The van der Waals surface area contributed by atoms with Crippen LogP contribution < -0.4 is 5.32 Å². The highest BCUT2D eigenvalue weighted by Gasteiger charge is 2.15. The van der Waals surface area contributed by atoms with Crippen LogP contribution in [0.5, 0.6) is 0 Å². The van der Waals surface area contributed by atoms with Crippen LogP contribution in [-0.2, 0) is 22.4 Å². The van der Waals surface area contributed by atoms with Crippen molar-refractivity contribution in [3.8, 4) is 0 Å². The molecule has 0 unspecified atom stereocenters. The predicted octanol–water partition coefficient (Wildman–Crippen LogP) is 3.76. The number of hydrogen-bond acceptors (Lipinski definition) is 3. The highest BCUT2D eigenvalue weighted by Crippen LogP contribution is 2.25. The van der Waals surface area contributed by atoms with Gasteiger partial charge in [-0.2, -0.15) is 0 Å². The lowest BCUT2D eigenvalue weighted by Gasteiger charge is -2.09. The quantitative estimate of drug-likeness (QED) is 0.857. The van der Waals surface area contributed by atoms with E-state index in [9.17, 15) is 14.0 Å². The molecule has 24 heavy (non-hydrogen) atoms. The third kappa shape index (κ3) is 3.74. The van der Waals surface area contributed by atoms with E-state index in [4.69, 9.17) is 16.3 Å². The van der Waals surface area contributed by atoms with E-state index >= 15 is 0 Å². The molecule has 3 rings (SSSR count). The highest BCUT2D eigenvalue weighted by molar-refractivity contribution is 6.33. The smallest absolute Gasteiger partial charge is 0.340 e. The van der Waals surface area contributed by atoms with Gasteiger partial charge in [0.05, 0.1) is 10.6 Å². The Kier molecular flexibility index (Phi) is 4.81. The monoisotopic (exact) mass is 347 g/mol. The van der Waals surface area contributed by atoms with E-state index in [1.54, 1.807) is 0 Å². The number of aryl methyl sites for hydroxylation is 2. The zero-order valence-electron chi connectivity index (χ0n) is 12.8. The lowest BCUT2D eigenvalue weighted by molar-refractivity contribution is -0.119. The molecule has 0 aliphatic heterocycles. The van der Waals surface area contributed by atoms with Gasteiger partial charge in [-0.25, -0.2) is 9.18 Å². The molecule has 0 saturated heterocycles. The van der Waals surface area contributed by atoms with Crippen LogP contribution >= 0.6 is 11.6 Å². The van der Waals surface area contributed by atoms with Crippen molar-refractivity contribution in [2.75, 3.05) is 11.9 Å². The van der Waals surface area contributed by atoms with Gasteiger partial charge >= 0.3 is 5.97 Å². The van der Waals surface area contributed by atoms with Crippen LogP contribution in [-0.4, -0.2) is 18.5 Å². The molecule has 1 amide bonds. The van der Waals surface area contributed by atoms with Gasteiger partial charge in [-0.15, -0.1) is 0 Å². The van der Waals surface area contributed by atoms with Gasteiger partial charge in [-0.3, -0.25) is 4.79 Å². The van der Waals surface area contributed by atoms with Crippen LogP contribution in [0.25, 0.3) is 0 Å². The molecule has 4 nitrogen and oxygen atoms in total. The number of hydrogen-bond donors (Lipinski definition) is 1. The molecule has 0 spiro atoms. The molecule has 0 radical (unpaired) electrons. The summed E-state index contributed by atoms with van der Waals surface area (Å²) in [4.78, 5) is 23.8. The summed E-state index contributed by atoms with van der Waals surface area (Å²) < 4.78 is 17.9. The van der Waals surface area contributed by atoms with Crippen molar-refractivity contribution in [2.45, 2.75) is 19.3 Å². The van der Waals surface area contributed by atoms with E-state index in [1.807, 2.05) is 18.2 Å². The molecule has 124 valence electrons. The zero-order valence-corrected chi connectivity index (χ0v) is 13.5. The molecule has 1 aliphatic rings. The Labute approximate surface area is 143 Å². The first-order valence-electron chi connectivity index (χ1n) is 7.57. The van der Waals surface area contributed by atoms with E-state index in [-0.39, 0.29) is 10.6 Å². The highest BCUT2D eigenvalue weighted by atomic mass is 35.5. The first kappa shape index (κ1) is 16.5. The Bertz CT molecular complexity index is 807. The maximum Gasteiger partial charge on any atom is 0.340 e. The first-order valence-corrected chi connectivity index (χ1v) is 7.94. The number of anilines is 1. The van der Waals surface area contributed by atoms with Crippen LogP contribution in [0.3, 0.4) is 0 Å². The average molecular weight is 348 g/mol. The molecule has 0 atom stereocenters.